The van der Waals surface area contributed by atoms with E-state index in [0.29, 0.717) is 12.0 Å². The second-order valence-electron chi connectivity index (χ2n) is 2.37. The van der Waals surface area contributed by atoms with E-state index < -0.39 is 0 Å². The Morgan fingerprint density at radius 2 is 2.38 bits per heavy atom. The van der Waals surface area contributed by atoms with Crippen molar-refractivity contribution >= 4 is 5.91 Å². The first-order chi connectivity index (χ1) is 3.88. The number of nitrogens with one attached hydrogen (secondary N) is 2. The highest BCUT2D eigenvalue weighted by molar-refractivity contribution is 5.83. The summed E-state index contributed by atoms with van der Waals surface area (Å²) in [5.41, 5.74) is 0. The number of fused-ring (bicyclic) bond motifs is 1. The molecule has 0 aliphatic carbocycles. The first-order valence-corrected chi connectivity index (χ1v) is 2.89. The Labute approximate surface area is 47.4 Å². The maximum atomic E-state index is 10.7. The molecule has 2 saturated heterocycles. The van der Waals surface area contributed by atoms with Crippen LogP contribution in [-0.4, -0.2) is 25.0 Å². The zero-order chi connectivity index (χ0) is 5.56. The van der Waals surface area contributed by atoms with Crippen molar-refractivity contribution in [3.8, 4) is 0 Å². The van der Waals surface area contributed by atoms with Gasteiger partial charge in [-0.15, -0.1) is 0 Å². The monoisotopic (exact) mass is 112 g/mol. The average Bonchev–Trinajstić information content (AvgIpc) is 1.80. The van der Waals surface area contributed by atoms with Gasteiger partial charge < -0.3 is 10.6 Å². The fourth-order valence-corrected chi connectivity index (χ4v) is 1.23. The van der Waals surface area contributed by atoms with E-state index in [4.69, 9.17) is 0 Å². The standard InChI is InChI=1S/C5H8N2O/c8-5-3-1-6-4(3)2-7-5/h3-4,6H,1-2H2,(H,7,8). The van der Waals surface area contributed by atoms with Crippen LogP contribution in [0.4, 0.5) is 0 Å². The predicted molar refractivity (Wildman–Crippen MR) is 28.3 cm³/mol. The van der Waals surface area contributed by atoms with Crippen molar-refractivity contribution < 1.29 is 4.79 Å². The summed E-state index contributed by atoms with van der Waals surface area (Å²) < 4.78 is 0. The van der Waals surface area contributed by atoms with Gasteiger partial charge in [-0.3, -0.25) is 4.79 Å². The van der Waals surface area contributed by atoms with Crippen LogP contribution in [-0.2, 0) is 4.79 Å². The summed E-state index contributed by atoms with van der Waals surface area (Å²) in [5.74, 6) is 0.531. The lowest BCUT2D eigenvalue weighted by Crippen LogP contribution is -2.52. The fraction of sp³-hybridized carbons (Fsp3) is 0.800. The van der Waals surface area contributed by atoms with Crippen LogP contribution in [0, 0.1) is 5.92 Å². The van der Waals surface area contributed by atoms with Gasteiger partial charge in [-0.05, 0) is 0 Å². The summed E-state index contributed by atoms with van der Waals surface area (Å²) in [6.45, 7) is 1.72. The predicted octanol–water partition coefficient (Wildman–Crippen LogP) is -1.30. The van der Waals surface area contributed by atoms with Crippen molar-refractivity contribution in [3.63, 3.8) is 0 Å². The van der Waals surface area contributed by atoms with E-state index in [9.17, 15) is 4.79 Å². The molecule has 0 aromatic rings. The Kier molecular flexibility index (Phi) is 0.663. The van der Waals surface area contributed by atoms with Crippen LogP contribution in [0.15, 0.2) is 0 Å². The molecular weight excluding hydrogens is 104 g/mol. The largest absolute Gasteiger partial charge is 0.354 e. The van der Waals surface area contributed by atoms with E-state index >= 15 is 0 Å². The number of amides is 1. The first-order valence-electron chi connectivity index (χ1n) is 2.89. The van der Waals surface area contributed by atoms with Gasteiger partial charge in [0.25, 0.3) is 0 Å². The second-order valence-corrected chi connectivity index (χ2v) is 2.37. The summed E-state index contributed by atoms with van der Waals surface area (Å²) in [4.78, 5) is 10.7. The Bertz CT molecular complexity index is 134. The Morgan fingerprint density at radius 3 is 2.62 bits per heavy atom. The minimum absolute atomic E-state index is 0.230. The molecule has 0 saturated carbocycles. The highest BCUT2D eigenvalue weighted by Gasteiger charge is 2.40. The topological polar surface area (TPSA) is 41.1 Å². The smallest absolute Gasteiger partial charge is 0.226 e. The second kappa shape index (κ2) is 1.23. The maximum Gasteiger partial charge on any atom is 0.226 e. The Balaban J connectivity index is 2.15. The molecule has 3 heteroatoms. The minimum atomic E-state index is 0.230. The third-order valence-electron chi connectivity index (χ3n) is 1.92. The van der Waals surface area contributed by atoms with Crippen molar-refractivity contribution in [2.45, 2.75) is 6.04 Å². The molecule has 44 valence electrons. The highest BCUT2D eigenvalue weighted by Crippen LogP contribution is 2.16. The molecule has 2 heterocycles. The van der Waals surface area contributed by atoms with Crippen LogP contribution in [0.2, 0.25) is 0 Å². The molecule has 2 aliphatic heterocycles. The van der Waals surface area contributed by atoms with Gasteiger partial charge in [0.15, 0.2) is 0 Å². The van der Waals surface area contributed by atoms with Gasteiger partial charge in [0.1, 0.15) is 0 Å². The van der Waals surface area contributed by atoms with E-state index in [1.54, 1.807) is 0 Å². The summed E-state index contributed by atoms with van der Waals surface area (Å²) in [5, 5.41) is 5.93. The lowest BCUT2D eigenvalue weighted by molar-refractivity contribution is -0.123. The molecule has 0 spiro atoms. The Hall–Kier alpha value is -0.570. The van der Waals surface area contributed by atoms with Crippen LogP contribution >= 0.6 is 0 Å². The Morgan fingerprint density at radius 1 is 1.50 bits per heavy atom. The fourth-order valence-electron chi connectivity index (χ4n) is 1.23. The van der Waals surface area contributed by atoms with E-state index in [1.807, 2.05) is 0 Å². The molecule has 0 radical (unpaired) electrons. The molecule has 8 heavy (non-hydrogen) atoms. The molecule has 3 nitrogen and oxygen atoms in total. The van der Waals surface area contributed by atoms with Gasteiger partial charge in [-0.2, -0.15) is 0 Å². The zero-order valence-electron chi connectivity index (χ0n) is 4.48. The number of carbonyl (C=O) groups excluding carboxylic acids is 1. The molecule has 2 unspecified atom stereocenters. The molecule has 2 fully saturated rings. The van der Waals surface area contributed by atoms with Crippen LogP contribution < -0.4 is 10.6 Å². The lowest BCUT2D eigenvalue weighted by atomic mass is 9.95. The molecule has 0 aromatic heterocycles. The molecule has 2 atom stereocenters. The van der Waals surface area contributed by atoms with Gasteiger partial charge >= 0.3 is 0 Å². The maximum absolute atomic E-state index is 10.7. The van der Waals surface area contributed by atoms with Gasteiger partial charge in [0.05, 0.1) is 5.92 Å². The summed E-state index contributed by atoms with van der Waals surface area (Å²) >= 11 is 0. The molecule has 2 aliphatic rings. The number of rotatable bonds is 0. The SMILES string of the molecule is O=C1NCC2NCC12. The van der Waals surface area contributed by atoms with Crippen molar-refractivity contribution in [2.75, 3.05) is 13.1 Å². The van der Waals surface area contributed by atoms with Crippen LogP contribution in [0.25, 0.3) is 0 Å². The van der Waals surface area contributed by atoms with E-state index in [0.717, 1.165) is 13.1 Å². The van der Waals surface area contributed by atoms with Gasteiger partial charge in [0, 0.05) is 19.1 Å². The average molecular weight is 112 g/mol. The number of carbonyl (C=O) groups is 1. The summed E-state index contributed by atoms with van der Waals surface area (Å²) in [7, 11) is 0. The van der Waals surface area contributed by atoms with Crippen molar-refractivity contribution in [1.82, 2.24) is 10.6 Å². The van der Waals surface area contributed by atoms with E-state index in [1.165, 1.54) is 0 Å². The van der Waals surface area contributed by atoms with Crippen LogP contribution in [0.3, 0.4) is 0 Å². The van der Waals surface area contributed by atoms with Gasteiger partial charge in [-0.1, -0.05) is 0 Å². The van der Waals surface area contributed by atoms with Crippen molar-refractivity contribution in [1.29, 1.82) is 0 Å². The third kappa shape index (κ3) is 0.351. The molecule has 2 N–H and O–H groups in total. The molecule has 1 amide bonds. The minimum Gasteiger partial charge on any atom is -0.354 e. The van der Waals surface area contributed by atoms with Crippen molar-refractivity contribution in [2.24, 2.45) is 5.92 Å². The van der Waals surface area contributed by atoms with E-state index in [2.05, 4.69) is 10.6 Å². The summed E-state index contributed by atoms with van der Waals surface area (Å²) in [6.07, 6.45) is 0. The van der Waals surface area contributed by atoms with Crippen LogP contribution in [0.1, 0.15) is 0 Å². The lowest BCUT2D eigenvalue weighted by Gasteiger charge is -2.28. The zero-order valence-corrected chi connectivity index (χ0v) is 4.48. The summed E-state index contributed by atoms with van der Waals surface area (Å²) in [6, 6.07) is 0.461. The van der Waals surface area contributed by atoms with Gasteiger partial charge in [-0.25, -0.2) is 0 Å². The molecule has 0 bridgehead atoms. The quantitative estimate of drug-likeness (QED) is 0.409. The molecule has 2 rings (SSSR count). The molecule has 0 aromatic carbocycles. The first kappa shape index (κ1) is 4.32. The highest BCUT2D eigenvalue weighted by atomic mass is 16.2. The third-order valence-corrected chi connectivity index (χ3v) is 1.92. The van der Waals surface area contributed by atoms with Crippen molar-refractivity contribution in [3.05, 3.63) is 0 Å². The van der Waals surface area contributed by atoms with Crippen LogP contribution in [0.5, 0.6) is 0 Å². The number of hydrogen-bond donors (Lipinski definition) is 2. The normalized spacial score (nSPS) is 42.8. The number of hydrogen-bond acceptors (Lipinski definition) is 2. The molecular formula is C5H8N2O. The van der Waals surface area contributed by atoms with Gasteiger partial charge in [0.2, 0.25) is 5.91 Å². The van der Waals surface area contributed by atoms with E-state index in [-0.39, 0.29) is 5.91 Å².